The van der Waals surface area contributed by atoms with Gasteiger partial charge in [0.15, 0.2) is 0 Å². The highest BCUT2D eigenvalue weighted by Crippen LogP contribution is 2.70. The molecule has 2 N–H and O–H groups in total. The Morgan fingerprint density at radius 3 is 2.71 bits per heavy atom. The summed E-state index contributed by atoms with van der Waals surface area (Å²) in [4.78, 5) is 12.3. The Kier molecular flexibility index (Phi) is 3.73. The van der Waals surface area contributed by atoms with Gasteiger partial charge in [0.25, 0.3) is 0 Å². The van der Waals surface area contributed by atoms with Gasteiger partial charge in [-0.1, -0.05) is 6.92 Å². The maximum absolute atomic E-state index is 12.3. The maximum atomic E-state index is 12.3. The van der Waals surface area contributed by atoms with E-state index >= 15 is 0 Å². The van der Waals surface area contributed by atoms with Crippen molar-refractivity contribution in [1.82, 2.24) is 5.32 Å². The van der Waals surface area contributed by atoms with Crippen molar-refractivity contribution in [2.45, 2.75) is 39.0 Å². The van der Waals surface area contributed by atoms with Crippen molar-refractivity contribution in [2.24, 2.45) is 10.8 Å². The predicted molar refractivity (Wildman–Crippen MR) is 64.5 cm³/mol. The van der Waals surface area contributed by atoms with Crippen LogP contribution in [0, 0.1) is 10.8 Å². The minimum Gasteiger partial charge on any atom is -0.396 e. The van der Waals surface area contributed by atoms with E-state index in [0.29, 0.717) is 6.42 Å². The quantitative estimate of drug-likeness (QED) is 0.757. The first kappa shape index (κ1) is 12.8. The van der Waals surface area contributed by atoms with Gasteiger partial charge in [-0.15, -0.1) is 0 Å². The molecule has 0 radical (unpaired) electrons. The molecule has 1 saturated carbocycles. The second kappa shape index (κ2) is 4.94. The van der Waals surface area contributed by atoms with Crippen molar-refractivity contribution >= 4 is 5.91 Å². The Bertz CT molecular complexity index is 286. The molecule has 98 valence electrons. The molecule has 4 heteroatoms. The lowest BCUT2D eigenvalue weighted by atomic mass is 9.83. The number of carbonyl (C=O) groups is 1. The van der Waals surface area contributed by atoms with Crippen LogP contribution in [0.5, 0.6) is 0 Å². The number of amides is 1. The fourth-order valence-corrected chi connectivity index (χ4v) is 3.34. The highest BCUT2D eigenvalue weighted by atomic mass is 16.5. The number of aliphatic hydroxyl groups excluding tert-OH is 1. The standard InChI is InChI=1S/C13H23NO3/c1-2-6-14-11(16)13(3-7-15)10-12(13)4-8-17-9-5-12/h15H,2-10H2,1H3,(H,14,16). The molecule has 17 heavy (non-hydrogen) atoms. The molecule has 2 fully saturated rings. The molecule has 1 heterocycles. The van der Waals surface area contributed by atoms with Crippen molar-refractivity contribution in [1.29, 1.82) is 0 Å². The van der Waals surface area contributed by atoms with Gasteiger partial charge in [-0.25, -0.2) is 0 Å². The molecule has 0 aromatic heterocycles. The van der Waals surface area contributed by atoms with Gasteiger partial charge < -0.3 is 15.2 Å². The molecule has 1 spiro atoms. The van der Waals surface area contributed by atoms with Crippen LogP contribution in [-0.2, 0) is 9.53 Å². The third-order valence-corrected chi connectivity index (χ3v) is 4.49. The predicted octanol–water partition coefficient (Wildman–Crippen LogP) is 1.08. The van der Waals surface area contributed by atoms with E-state index in [-0.39, 0.29) is 23.3 Å². The third kappa shape index (κ3) is 2.08. The highest BCUT2D eigenvalue weighted by molar-refractivity contribution is 5.87. The van der Waals surface area contributed by atoms with E-state index in [4.69, 9.17) is 4.74 Å². The molecule has 1 saturated heterocycles. The van der Waals surface area contributed by atoms with E-state index < -0.39 is 0 Å². The second-order valence-electron chi connectivity index (χ2n) is 5.38. The zero-order valence-corrected chi connectivity index (χ0v) is 10.6. The molecule has 1 unspecified atom stereocenters. The normalized spacial score (nSPS) is 30.2. The summed E-state index contributed by atoms with van der Waals surface area (Å²) in [6, 6.07) is 0. The maximum Gasteiger partial charge on any atom is 0.226 e. The summed E-state index contributed by atoms with van der Waals surface area (Å²) in [7, 11) is 0. The molecule has 1 aliphatic carbocycles. The molecule has 0 aromatic carbocycles. The van der Waals surface area contributed by atoms with Crippen LogP contribution in [0.2, 0.25) is 0 Å². The first-order valence-electron chi connectivity index (χ1n) is 6.68. The summed E-state index contributed by atoms with van der Waals surface area (Å²) < 4.78 is 5.38. The van der Waals surface area contributed by atoms with E-state index in [0.717, 1.165) is 45.4 Å². The van der Waals surface area contributed by atoms with E-state index in [2.05, 4.69) is 12.2 Å². The van der Waals surface area contributed by atoms with Crippen molar-refractivity contribution in [3.05, 3.63) is 0 Å². The van der Waals surface area contributed by atoms with Crippen molar-refractivity contribution in [3.8, 4) is 0 Å². The molecule has 2 rings (SSSR count). The average molecular weight is 241 g/mol. The molecule has 2 aliphatic rings. The molecule has 0 bridgehead atoms. The third-order valence-electron chi connectivity index (χ3n) is 4.49. The summed E-state index contributed by atoms with van der Waals surface area (Å²) in [5.74, 6) is 0.148. The summed E-state index contributed by atoms with van der Waals surface area (Å²) in [5.41, 5.74) is -0.188. The van der Waals surface area contributed by atoms with E-state index in [1.807, 2.05) is 0 Å². The largest absolute Gasteiger partial charge is 0.396 e. The topological polar surface area (TPSA) is 58.6 Å². The molecule has 1 aliphatic heterocycles. The first-order chi connectivity index (χ1) is 8.21. The van der Waals surface area contributed by atoms with Gasteiger partial charge in [-0.2, -0.15) is 0 Å². The van der Waals surface area contributed by atoms with Crippen LogP contribution in [0.3, 0.4) is 0 Å². The van der Waals surface area contributed by atoms with Crippen LogP contribution in [-0.4, -0.2) is 37.4 Å². The number of nitrogens with one attached hydrogen (secondary N) is 1. The van der Waals surface area contributed by atoms with Crippen LogP contribution in [0.1, 0.15) is 39.0 Å². The zero-order chi connectivity index (χ0) is 12.4. The highest BCUT2D eigenvalue weighted by Gasteiger charge is 2.70. The van der Waals surface area contributed by atoms with Gasteiger partial charge in [-0.05, 0) is 37.5 Å². The van der Waals surface area contributed by atoms with Crippen LogP contribution < -0.4 is 5.32 Å². The molecule has 4 nitrogen and oxygen atoms in total. The molecule has 1 atom stereocenters. The second-order valence-corrected chi connectivity index (χ2v) is 5.38. The van der Waals surface area contributed by atoms with Crippen LogP contribution in [0.25, 0.3) is 0 Å². The average Bonchev–Trinajstić information content (AvgIpc) is 2.95. The van der Waals surface area contributed by atoms with Crippen molar-refractivity contribution in [2.75, 3.05) is 26.4 Å². The number of hydrogen-bond donors (Lipinski definition) is 2. The van der Waals surface area contributed by atoms with Crippen molar-refractivity contribution in [3.63, 3.8) is 0 Å². The monoisotopic (exact) mass is 241 g/mol. The van der Waals surface area contributed by atoms with Gasteiger partial charge in [0.1, 0.15) is 0 Å². The fraction of sp³-hybridized carbons (Fsp3) is 0.923. The lowest BCUT2D eigenvalue weighted by Gasteiger charge is -2.28. The summed E-state index contributed by atoms with van der Waals surface area (Å²) >= 11 is 0. The Balaban J connectivity index is 2.04. The van der Waals surface area contributed by atoms with Gasteiger partial charge in [-0.3, -0.25) is 4.79 Å². The smallest absolute Gasteiger partial charge is 0.226 e. The number of carbonyl (C=O) groups excluding carboxylic acids is 1. The Hall–Kier alpha value is -0.610. The van der Waals surface area contributed by atoms with Crippen LogP contribution in [0.15, 0.2) is 0 Å². The zero-order valence-electron chi connectivity index (χ0n) is 10.6. The number of aliphatic hydroxyl groups is 1. The van der Waals surface area contributed by atoms with Gasteiger partial charge in [0.2, 0.25) is 5.91 Å². The summed E-state index contributed by atoms with van der Waals surface area (Å²) in [5, 5.41) is 12.2. The fourth-order valence-electron chi connectivity index (χ4n) is 3.34. The van der Waals surface area contributed by atoms with Gasteiger partial charge >= 0.3 is 0 Å². The van der Waals surface area contributed by atoms with Gasteiger partial charge in [0, 0.05) is 26.4 Å². The summed E-state index contributed by atoms with van der Waals surface area (Å²) in [6.07, 6.45) is 4.41. The lowest BCUT2D eigenvalue weighted by molar-refractivity contribution is -0.129. The van der Waals surface area contributed by atoms with Crippen molar-refractivity contribution < 1.29 is 14.6 Å². The molecule has 0 aromatic rings. The molecule has 1 amide bonds. The molecular formula is C13H23NO3. The first-order valence-corrected chi connectivity index (χ1v) is 6.68. The van der Waals surface area contributed by atoms with E-state index in [1.165, 1.54) is 0 Å². The van der Waals surface area contributed by atoms with E-state index in [1.54, 1.807) is 0 Å². The minimum absolute atomic E-state index is 0.0994. The van der Waals surface area contributed by atoms with E-state index in [9.17, 15) is 9.90 Å². The van der Waals surface area contributed by atoms with Crippen LogP contribution >= 0.6 is 0 Å². The molecular weight excluding hydrogens is 218 g/mol. The minimum atomic E-state index is -0.305. The number of rotatable bonds is 5. The van der Waals surface area contributed by atoms with Crippen LogP contribution in [0.4, 0.5) is 0 Å². The Morgan fingerprint density at radius 1 is 1.41 bits per heavy atom. The lowest BCUT2D eigenvalue weighted by Crippen LogP contribution is -2.38. The summed E-state index contributed by atoms with van der Waals surface area (Å²) in [6.45, 7) is 4.40. The number of hydrogen-bond acceptors (Lipinski definition) is 3. The Labute approximate surface area is 103 Å². The van der Waals surface area contributed by atoms with Gasteiger partial charge in [0.05, 0.1) is 5.41 Å². The number of ether oxygens (including phenoxy) is 1. The SMILES string of the molecule is CCCNC(=O)C1(CCO)CC12CCOCC2. The Morgan fingerprint density at radius 2 is 2.12 bits per heavy atom.